The Morgan fingerprint density at radius 1 is 1.75 bits per heavy atom. The summed E-state index contributed by atoms with van der Waals surface area (Å²) in [4.78, 5) is 2.94. The molecule has 0 aliphatic carbocycles. The first-order chi connectivity index (χ1) is 3.29. The molecule has 1 heterocycles. The SMILES string of the molecule is [Cl-].[NH3+]c1c[nH+]c(Br)s1. The standard InChI is InChI=1S/C3H3BrN2S.ClH/c4-3-6-1-2(5)7-3;/h1H,5H2;1H/p+1. The molecule has 0 atom stereocenters. The number of halogens is 2. The van der Waals surface area contributed by atoms with E-state index in [1.54, 1.807) is 11.3 Å². The third-order valence-electron chi connectivity index (χ3n) is 0.567. The molecule has 0 aliphatic heterocycles. The fraction of sp³-hybridized carbons (Fsp3) is 0. The van der Waals surface area contributed by atoms with E-state index in [1.165, 1.54) is 0 Å². The van der Waals surface area contributed by atoms with Crippen LogP contribution in [0.15, 0.2) is 10.1 Å². The van der Waals surface area contributed by atoms with Crippen LogP contribution in [0, 0.1) is 0 Å². The zero-order chi connectivity index (χ0) is 5.28. The summed E-state index contributed by atoms with van der Waals surface area (Å²) >= 11 is 4.85. The number of nitrogens with one attached hydrogen (secondary N) is 1. The van der Waals surface area contributed by atoms with Crippen molar-refractivity contribution in [2.45, 2.75) is 0 Å². The first kappa shape index (κ1) is 8.36. The molecule has 0 fully saturated rings. The van der Waals surface area contributed by atoms with E-state index in [4.69, 9.17) is 0 Å². The summed E-state index contributed by atoms with van der Waals surface area (Å²) in [5.41, 5.74) is 3.70. The number of H-pyrrole nitrogens is 1. The summed E-state index contributed by atoms with van der Waals surface area (Å²) in [6.45, 7) is 0. The number of hydrogen-bond donors (Lipinski definition) is 1. The number of rotatable bonds is 0. The van der Waals surface area contributed by atoms with Crippen molar-refractivity contribution in [3.63, 3.8) is 0 Å². The van der Waals surface area contributed by atoms with Crippen LogP contribution in [0.1, 0.15) is 0 Å². The molecular formula is C3H5BrClN2S+. The Labute approximate surface area is 65.7 Å². The second-order valence-corrected chi connectivity index (χ2v) is 3.59. The molecule has 1 aromatic heterocycles. The summed E-state index contributed by atoms with van der Waals surface area (Å²) in [7, 11) is 0. The average molecular weight is 217 g/mol. The Morgan fingerprint density at radius 2 is 2.38 bits per heavy atom. The molecule has 0 bridgehead atoms. The summed E-state index contributed by atoms with van der Waals surface area (Å²) in [6.07, 6.45) is 1.86. The molecule has 0 radical (unpaired) electrons. The molecular weight excluding hydrogens is 211 g/mol. The first-order valence-electron chi connectivity index (χ1n) is 1.78. The highest BCUT2D eigenvalue weighted by Gasteiger charge is 2.01. The van der Waals surface area contributed by atoms with Gasteiger partial charge in [-0.1, -0.05) is 0 Å². The highest BCUT2D eigenvalue weighted by molar-refractivity contribution is 9.11. The van der Waals surface area contributed by atoms with E-state index >= 15 is 0 Å². The van der Waals surface area contributed by atoms with Gasteiger partial charge >= 0.3 is 3.92 Å². The van der Waals surface area contributed by atoms with Crippen molar-refractivity contribution in [3.05, 3.63) is 10.1 Å². The van der Waals surface area contributed by atoms with Crippen LogP contribution >= 0.6 is 27.3 Å². The molecule has 0 aliphatic rings. The maximum Gasteiger partial charge on any atom is 0.308 e. The van der Waals surface area contributed by atoms with Crippen LogP contribution in [-0.4, -0.2) is 0 Å². The second-order valence-electron chi connectivity index (χ2n) is 1.13. The van der Waals surface area contributed by atoms with Crippen molar-refractivity contribution in [1.29, 1.82) is 0 Å². The molecule has 8 heavy (non-hydrogen) atoms. The number of hydrogen-bond acceptors (Lipinski definition) is 1. The van der Waals surface area contributed by atoms with Crippen LogP contribution in [0.5, 0.6) is 0 Å². The van der Waals surface area contributed by atoms with Gasteiger partial charge in [0, 0.05) is 27.3 Å². The second kappa shape index (κ2) is 3.40. The largest absolute Gasteiger partial charge is 1.00 e. The molecule has 0 saturated heterocycles. The minimum atomic E-state index is 0. The maximum absolute atomic E-state index is 3.70. The molecule has 0 aromatic carbocycles. The van der Waals surface area contributed by atoms with Gasteiger partial charge in [0.05, 0.1) is 0 Å². The normalized spacial score (nSPS) is 8.25. The van der Waals surface area contributed by atoms with E-state index in [9.17, 15) is 0 Å². The zero-order valence-electron chi connectivity index (χ0n) is 3.95. The molecule has 5 heteroatoms. The van der Waals surface area contributed by atoms with Gasteiger partial charge in [-0.2, -0.15) is 4.98 Å². The predicted molar refractivity (Wildman–Crippen MR) is 31.1 cm³/mol. The van der Waals surface area contributed by atoms with Gasteiger partial charge in [-0.25, -0.2) is 0 Å². The highest BCUT2D eigenvalue weighted by Crippen LogP contribution is 2.13. The third kappa shape index (κ3) is 2.09. The Balaban J connectivity index is 0.000000490. The minimum Gasteiger partial charge on any atom is -1.00 e. The fourth-order valence-corrected chi connectivity index (χ4v) is 1.52. The van der Waals surface area contributed by atoms with Crippen molar-refractivity contribution >= 4 is 32.3 Å². The number of aromatic amines is 1. The molecule has 1 aromatic rings. The highest BCUT2D eigenvalue weighted by atomic mass is 79.9. The van der Waals surface area contributed by atoms with E-state index in [0.29, 0.717) is 0 Å². The Morgan fingerprint density at radius 3 is 2.50 bits per heavy atom. The summed E-state index contributed by atoms with van der Waals surface area (Å²) in [5.74, 6) is 0. The third-order valence-corrected chi connectivity index (χ3v) is 1.96. The molecule has 0 spiro atoms. The number of aromatic nitrogens is 1. The molecule has 2 nitrogen and oxygen atoms in total. The topological polar surface area (TPSA) is 41.8 Å². The monoisotopic (exact) mass is 215 g/mol. The van der Waals surface area contributed by atoms with E-state index in [1.807, 2.05) is 6.20 Å². The van der Waals surface area contributed by atoms with Crippen LogP contribution in [0.3, 0.4) is 0 Å². The summed E-state index contributed by atoms with van der Waals surface area (Å²) < 4.78 is 1.03. The lowest BCUT2D eigenvalue weighted by atomic mass is 10.9. The fourth-order valence-electron chi connectivity index (χ4n) is 0.311. The lowest BCUT2D eigenvalue weighted by Gasteiger charge is -1.57. The minimum absolute atomic E-state index is 0. The van der Waals surface area contributed by atoms with Crippen molar-refractivity contribution in [3.8, 4) is 0 Å². The van der Waals surface area contributed by atoms with Crippen molar-refractivity contribution < 1.29 is 23.1 Å². The Kier molecular flexibility index (Phi) is 3.55. The van der Waals surface area contributed by atoms with Crippen LogP contribution < -0.4 is 23.1 Å². The van der Waals surface area contributed by atoms with Gasteiger partial charge in [0.25, 0.3) is 5.00 Å². The van der Waals surface area contributed by atoms with Crippen LogP contribution in [-0.2, 0) is 0 Å². The van der Waals surface area contributed by atoms with Gasteiger partial charge in [-0.15, -0.1) is 0 Å². The smallest absolute Gasteiger partial charge is 0.308 e. The Hall–Kier alpha value is 0.360. The van der Waals surface area contributed by atoms with Gasteiger partial charge < -0.3 is 18.1 Å². The number of quaternary nitrogens is 1. The van der Waals surface area contributed by atoms with Gasteiger partial charge in [-0.3, -0.25) is 0 Å². The molecule has 0 saturated carbocycles. The maximum atomic E-state index is 3.70. The van der Waals surface area contributed by atoms with Gasteiger partial charge in [-0.05, 0) is 0 Å². The van der Waals surface area contributed by atoms with E-state index in [-0.39, 0.29) is 12.4 Å². The van der Waals surface area contributed by atoms with Crippen molar-refractivity contribution in [1.82, 2.24) is 0 Å². The first-order valence-corrected chi connectivity index (χ1v) is 3.39. The number of thiazole rings is 1. The zero-order valence-corrected chi connectivity index (χ0v) is 7.11. The van der Waals surface area contributed by atoms with E-state index in [0.717, 1.165) is 8.92 Å². The van der Waals surface area contributed by atoms with Crippen LogP contribution in [0.4, 0.5) is 5.00 Å². The van der Waals surface area contributed by atoms with Gasteiger partial charge in [0.2, 0.25) is 6.20 Å². The molecule has 4 N–H and O–H groups in total. The quantitative estimate of drug-likeness (QED) is 0.487. The van der Waals surface area contributed by atoms with Crippen LogP contribution in [0.2, 0.25) is 0 Å². The lowest BCUT2D eigenvalue weighted by Crippen LogP contribution is -3.00. The van der Waals surface area contributed by atoms with Gasteiger partial charge in [0.15, 0.2) is 0 Å². The summed E-state index contributed by atoms with van der Waals surface area (Å²) in [5, 5.41) is 1.05. The van der Waals surface area contributed by atoms with Crippen molar-refractivity contribution in [2.24, 2.45) is 0 Å². The molecule has 0 unspecified atom stereocenters. The van der Waals surface area contributed by atoms with E-state index < -0.39 is 0 Å². The van der Waals surface area contributed by atoms with Gasteiger partial charge in [0.1, 0.15) is 0 Å². The average Bonchev–Trinajstić information content (AvgIpc) is 1.87. The molecule has 1 rings (SSSR count). The van der Waals surface area contributed by atoms with E-state index in [2.05, 4.69) is 26.6 Å². The summed E-state index contributed by atoms with van der Waals surface area (Å²) in [6, 6.07) is 0. The lowest BCUT2D eigenvalue weighted by molar-refractivity contribution is -0.391. The predicted octanol–water partition coefficient (Wildman–Crippen LogP) is -2.80. The Bertz CT molecular complexity index is 150. The van der Waals surface area contributed by atoms with Crippen molar-refractivity contribution in [2.75, 3.05) is 0 Å². The molecule has 0 amide bonds. The van der Waals surface area contributed by atoms with Crippen LogP contribution in [0.25, 0.3) is 0 Å². The molecule has 46 valence electrons.